The Labute approximate surface area is 194 Å². The second kappa shape index (κ2) is 9.18. The van der Waals surface area contributed by atoms with Crippen LogP contribution in [0.4, 0.5) is 0 Å². The Kier molecular flexibility index (Phi) is 5.95. The van der Waals surface area contributed by atoms with Crippen molar-refractivity contribution in [2.24, 2.45) is 7.05 Å². The van der Waals surface area contributed by atoms with E-state index in [2.05, 4.69) is 46.7 Å². The van der Waals surface area contributed by atoms with Crippen LogP contribution in [-0.2, 0) is 13.5 Å². The molecule has 5 rings (SSSR count). The SMILES string of the molecule is Cc1ncccc1-c1ccc(Cc2cc(C(=O)NC3CCCCC3)nc3c2ccn3C)cc1. The van der Waals surface area contributed by atoms with Crippen molar-refractivity contribution < 1.29 is 4.79 Å². The third kappa shape index (κ3) is 4.54. The number of hydrogen-bond acceptors (Lipinski definition) is 3. The maximum atomic E-state index is 13.0. The number of nitrogens with one attached hydrogen (secondary N) is 1. The first-order valence-corrected chi connectivity index (χ1v) is 11.9. The molecule has 33 heavy (non-hydrogen) atoms. The molecule has 1 amide bonds. The van der Waals surface area contributed by atoms with Crippen LogP contribution in [0.3, 0.4) is 0 Å². The zero-order valence-electron chi connectivity index (χ0n) is 19.3. The van der Waals surface area contributed by atoms with E-state index in [-0.39, 0.29) is 11.9 Å². The van der Waals surface area contributed by atoms with Gasteiger partial charge in [0, 0.05) is 42.1 Å². The van der Waals surface area contributed by atoms with Crippen molar-refractivity contribution in [1.29, 1.82) is 0 Å². The largest absolute Gasteiger partial charge is 0.348 e. The van der Waals surface area contributed by atoms with Crippen molar-refractivity contribution in [3.05, 3.63) is 83.4 Å². The minimum Gasteiger partial charge on any atom is -0.348 e. The molecule has 1 aromatic carbocycles. The molecule has 5 heteroatoms. The summed E-state index contributed by atoms with van der Waals surface area (Å²) < 4.78 is 1.99. The molecular weight excluding hydrogens is 408 g/mol. The van der Waals surface area contributed by atoms with E-state index in [0.717, 1.165) is 52.7 Å². The smallest absolute Gasteiger partial charge is 0.270 e. The van der Waals surface area contributed by atoms with E-state index >= 15 is 0 Å². The maximum Gasteiger partial charge on any atom is 0.270 e. The average Bonchev–Trinajstić information content (AvgIpc) is 3.22. The summed E-state index contributed by atoms with van der Waals surface area (Å²) in [5.74, 6) is -0.0614. The fraction of sp³-hybridized carbons (Fsp3) is 0.321. The predicted octanol–water partition coefficient (Wildman–Crippen LogP) is 5.60. The molecule has 3 aromatic heterocycles. The summed E-state index contributed by atoms with van der Waals surface area (Å²) in [4.78, 5) is 22.2. The minimum atomic E-state index is -0.0614. The Morgan fingerprint density at radius 1 is 1.09 bits per heavy atom. The number of benzene rings is 1. The summed E-state index contributed by atoms with van der Waals surface area (Å²) in [6.45, 7) is 2.03. The van der Waals surface area contributed by atoms with E-state index in [1.165, 1.54) is 24.8 Å². The van der Waals surface area contributed by atoms with Crippen LogP contribution in [0.15, 0.2) is 60.9 Å². The Hall–Kier alpha value is -3.47. The minimum absolute atomic E-state index is 0.0614. The van der Waals surface area contributed by atoms with Gasteiger partial charge in [-0.3, -0.25) is 9.78 Å². The van der Waals surface area contributed by atoms with Gasteiger partial charge in [0.1, 0.15) is 11.3 Å². The lowest BCUT2D eigenvalue weighted by atomic mass is 9.95. The first-order chi connectivity index (χ1) is 16.1. The number of carbonyl (C=O) groups is 1. The van der Waals surface area contributed by atoms with Gasteiger partial charge in [-0.2, -0.15) is 0 Å². The third-order valence-electron chi connectivity index (χ3n) is 6.76. The summed E-state index contributed by atoms with van der Waals surface area (Å²) in [6.07, 6.45) is 10.4. The standard InChI is InChI=1S/C28H30N4O/c1-19-24(9-6-15-29-19)21-12-10-20(11-13-21)17-22-18-26(31-27-25(22)14-16-32(27)2)28(33)30-23-7-4-3-5-8-23/h6,9-16,18,23H,3-5,7-8,17H2,1-2H3,(H,30,33). The summed E-state index contributed by atoms with van der Waals surface area (Å²) in [7, 11) is 1.98. The second-order valence-electron chi connectivity index (χ2n) is 9.15. The molecule has 0 spiro atoms. The molecule has 0 unspecified atom stereocenters. The van der Waals surface area contributed by atoms with Crippen LogP contribution in [0.25, 0.3) is 22.2 Å². The van der Waals surface area contributed by atoms with Crippen LogP contribution in [0.2, 0.25) is 0 Å². The number of fused-ring (bicyclic) bond motifs is 1. The summed E-state index contributed by atoms with van der Waals surface area (Å²) in [6, 6.07) is 17.0. The third-order valence-corrected chi connectivity index (χ3v) is 6.76. The molecular formula is C28H30N4O. The lowest BCUT2D eigenvalue weighted by molar-refractivity contribution is 0.0923. The number of aryl methyl sites for hydroxylation is 2. The van der Waals surface area contributed by atoms with Crippen LogP contribution in [0.1, 0.15) is 59.4 Å². The summed E-state index contributed by atoms with van der Waals surface area (Å²) >= 11 is 0. The Morgan fingerprint density at radius 2 is 1.88 bits per heavy atom. The van der Waals surface area contributed by atoms with Gasteiger partial charge in [-0.15, -0.1) is 0 Å². The zero-order chi connectivity index (χ0) is 22.8. The van der Waals surface area contributed by atoms with Gasteiger partial charge in [-0.1, -0.05) is 49.6 Å². The lowest BCUT2D eigenvalue weighted by Crippen LogP contribution is -2.36. The van der Waals surface area contributed by atoms with Crippen molar-refractivity contribution in [2.75, 3.05) is 0 Å². The Morgan fingerprint density at radius 3 is 2.64 bits per heavy atom. The molecule has 4 aromatic rings. The lowest BCUT2D eigenvalue weighted by Gasteiger charge is -2.22. The van der Waals surface area contributed by atoms with Gasteiger partial charge in [0.25, 0.3) is 5.91 Å². The molecule has 0 saturated heterocycles. The number of amides is 1. The van der Waals surface area contributed by atoms with Gasteiger partial charge in [0.05, 0.1) is 0 Å². The number of aromatic nitrogens is 3. The van der Waals surface area contributed by atoms with E-state index in [1.54, 1.807) is 0 Å². The van der Waals surface area contributed by atoms with Gasteiger partial charge in [0.2, 0.25) is 0 Å². The number of nitrogens with zero attached hydrogens (tertiary/aromatic N) is 3. The number of pyridine rings is 2. The van der Waals surface area contributed by atoms with Gasteiger partial charge < -0.3 is 9.88 Å². The van der Waals surface area contributed by atoms with Gasteiger partial charge >= 0.3 is 0 Å². The molecule has 0 bridgehead atoms. The van der Waals surface area contributed by atoms with Crippen molar-refractivity contribution in [1.82, 2.24) is 19.9 Å². The van der Waals surface area contributed by atoms with Crippen LogP contribution < -0.4 is 5.32 Å². The number of hydrogen-bond donors (Lipinski definition) is 1. The Bertz CT molecular complexity index is 1280. The van der Waals surface area contributed by atoms with E-state index < -0.39 is 0 Å². The van der Waals surface area contributed by atoms with E-state index in [4.69, 9.17) is 4.98 Å². The first kappa shape index (κ1) is 21.4. The van der Waals surface area contributed by atoms with Crippen molar-refractivity contribution in [2.45, 2.75) is 51.5 Å². The fourth-order valence-electron chi connectivity index (χ4n) is 4.88. The molecule has 1 N–H and O–H groups in total. The topological polar surface area (TPSA) is 59.8 Å². The van der Waals surface area contributed by atoms with Gasteiger partial charge in [0.15, 0.2) is 0 Å². The molecule has 0 atom stereocenters. The monoisotopic (exact) mass is 438 g/mol. The van der Waals surface area contributed by atoms with E-state index in [0.29, 0.717) is 5.69 Å². The predicted molar refractivity (Wildman–Crippen MR) is 132 cm³/mol. The van der Waals surface area contributed by atoms with Crippen LogP contribution in [-0.4, -0.2) is 26.5 Å². The number of rotatable bonds is 5. The molecule has 3 heterocycles. The molecule has 1 saturated carbocycles. The van der Waals surface area contributed by atoms with Crippen LogP contribution in [0, 0.1) is 6.92 Å². The van der Waals surface area contributed by atoms with Crippen molar-refractivity contribution >= 4 is 16.9 Å². The zero-order valence-corrected chi connectivity index (χ0v) is 19.3. The molecule has 168 valence electrons. The highest BCUT2D eigenvalue weighted by Crippen LogP contribution is 2.26. The van der Waals surface area contributed by atoms with Gasteiger partial charge in [-0.05, 0) is 61.1 Å². The second-order valence-corrected chi connectivity index (χ2v) is 9.15. The molecule has 0 aliphatic heterocycles. The highest BCUT2D eigenvalue weighted by Gasteiger charge is 2.19. The molecule has 1 aliphatic rings. The van der Waals surface area contributed by atoms with Crippen LogP contribution in [0.5, 0.6) is 0 Å². The molecule has 5 nitrogen and oxygen atoms in total. The fourth-order valence-corrected chi connectivity index (χ4v) is 4.88. The quantitative estimate of drug-likeness (QED) is 0.441. The van der Waals surface area contributed by atoms with Crippen molar-refractivity contribution in [3.63, 3.8) is 0 Å². The Balaban J connectivity index is 1.42. The maximum absolute atomic E-state index is 13.0. The normalized spacial score (nSPS) is 14.5. The highest BCUT2D eigenvalue weighted by atomic mass is 16.1. The molecule has 1 fully saturated rings. The van der Waals surface area contributed by atoms with Gasteiger partial charge in [-0.25, -0.2) is 4.98 Å². The molecule has 0 radical (unpaired) electrons. The number of carbonyl (C=O) groups excluding carboxylic acids is 1. The van der Waals surface area contributed by atoms with E-state index in [9.17, 15) is 4.79 Å². The average molecular weight is 439 g/mol. The first-order valence-electron chi connectivity index (χ1n) is 11.9. The highest BCUT2D eigenvalue weighted by molar-refractivity contribution is 5.95. The van der Waals surface area contributed by atoms with Crippen LogP contribution >= 0.6 is 0 Å². The van der Waals surface area contributed by atoms with Crippen molar-refractivity contribution in [3.8, 4) is 11.1 Å². The summed E-state index contributed by atoms with van der Waals surface area (Å²) in [5.41, 5.74) is 7.03. The molecule has 1 aliphatic carbocycles. The summed E-state index contributed by atoms with van der Waals surface area (Å²) in [5, 5.41) is 4.31. The van der Waals surface area contributed by atoms with E-state index in [1.807, 2.05) is 43.1 Å².